The molecule has 0 aliphatic rings. The van der Waals surface area contributed by atoms with Crippen molar-refractivity contribution in [3.63, 3.8) is 0 Å². The van der Waals surface area contributed by atoms with Gasteiger partial charge in [0.15, 0.2) is 0 Å². The van der Waals surface area contributed by atoms with Crippen molar-refractivity contribution >= 4 is 23.4 Å². The fraction of sp³-hybridized carbons (Fsp3) is 0.417. The largest absolute Gasteiger partial charge is 0.396 e. The van der Waals surface area contributed by atoms with Crippen LogP contribution in [0.4, 0.5) is 5.69 Å². The zero-order chi connectivity index (χ0) is 11.8. The third-order valence-electron chi connectivity index (χ3n) is 2.15. The third-order valence-corrected chi connectivity index (χ3v) is 3.07. The molecular formula is C12H17NO2S. The van der Waals surface area contributed by atoms with Gasteiger partial charge >= 0.3 is 0 Å². The van der Waals surface area contributed by atoms with Gasteiger partial charge in [0.25, 0.3) is 0 Å². The van der Waals surface area contributed by atoms with E-state index in [1.54, 1.807) is 4.90 Å². The van der Waals surface area contributed by atoms with Crippen LogP contribution in [-0.4, -0.2) is 35.7 Å². The van der Waals surface area contributed by atoms with Gasteiger partial charge in [-0.25, -0.2) is 0 Å². The molecule has 0 unspecified atom stereocenters. The maximum Gasteiger partial charge on any atom is 0.236 e. The number of carbonyl (C=O) groups is 1. The summed E-state index contributed by atoms with van der Waals surface area (Å²) in [5.74, 6) is 1.12. The predicted molar refractivity (Wildman–Crippen MR) is 68.9 cm³/mol. The van der Waals surface area contributed by atoms with E-state index in [9.17, 15) is 4.79 Å². The zero-order valence-corrected chi connectivity index (χ0v) is 10.2. The number of para-hydroxylation sites is 1. The smallest absolute Gasteiger partial charge is 0.236 e. The fourth-order valence-electron chi connectivity index (χ4n) is 1.41. The van der Waals surface area contributed by atoms with E-state index in [1.165, 1.54) is 11.8 Å². The lowest BCUT2D eigenvalue weighted by molar-refractivity contribution is -0.116. The Morgan fingerprint density at radius 3 is 2.62 bits per heavy atom. The standard InChI is InChI=1S/C12H17NO2S/c1-2-13(11-6-4-3-5-7-11)12(15)10-16-9-8-14/h3-7,14H,2,8-10H2,1H3. The number of benzene rings is 1. The zero-order valence-electron chi connectivity index (χ0n) is 9.43. The highest BCUT2D eigenvalue weighted by Crippen LogP contribution is 2.14. The van der Waals surface area contributed by atoms with E-state index in [2.05, 4.69) is 0 Å². The molecule has 3 nitrogen and oxygen atoms in total. The van der Waals surface area contributed by atoms with Gasteiger partial charge in [0, 0.05) is 18.0 Å². The van der Waals surface area contributed by atoms with E-state index in [0.717, 1.165) is 5.69 Å². The van der Waals surface area contributed by atoms with Crippen LogP contribution in [0, 0.1) is 0 Å². The van der Waals surface area contributed by atoms with Crippen molar-refractivity contribution in [1.29, 1.82) is 0 Å². The summed E-state index contributed by atoms with van der Waals surface area (Å²) in [7, 11) is 0. The molecule has 0 saturated carbocycles. The molecule has 0 spiro atoms. The highest BCUT2D eigenvalue weighted by Gasteiger charge is 2.12. The van der Waals surface area contributed by atoms with Crippen LogP contribution in [-0.2, 0) is 4.79 Å². The lowest BCUT2D eigenvalue weighted by Gasteiger charge is -2.20. The Morgan fingerprint density at radius 1 is 1.38 bits per heavy atom. The van der Waals surface area contributed by atoms with Gasteiger partial charge in [-0.2, -0.15) is 0 Å². The molecule has 0 aromatic heterocycles. The van der Waals surface area contributed by atoms with E-state index in [-0.39, 0.29) is 12.5 Å². The number of rotatable bonds is 6. The first-order valence-corrected chi connectivity index (χ1v) is 6.49. The summed E-state index contributed by atoms with van der Waals surface area (Å²) >= 11 is 1.46. The fourth-order valence-corrected chi connectivity index (χ4v) is 2.02. The van der Waals surface area contributed by atoms with Crippen LogP contribution in [0.1, 0.15) is 6.92 Å². The highest BCUT2D eigenvalue weighted by atomic mass is 32.2. The number of aliphatic hydroxyl groups excluding tert-OH is 1. The molecule has 0 aliphatic heterocycles. The first kappa shape index (κ1) is 13.1. The van der Waals surface area contributed by atoms with Crippen LogP contribution in [0.5, 0.6) is 0 Å². The van der Waals surface area contributed by atoms with Crippen molar-refractivity contribution in [3.8, 4) is 0 Å². The number of anilines is 1. The van der Waals surface area contributed by atoms with Crippen molar-refractivity contribution in [2.45, 2.75) is 6.92 Å². The Hall–Kier alpha value is -1.00. The number of amides is 1. The molecule has 0 atom stereocenters. The normalized spacial score (nSPS) is 10.1. The number of carbonyl (C=O) groups excluding carboxylic acids is 1. The minimum atomic E-state index is 0.0900. The number of hydrogen-bond donors (Lipinski definition) is 1. The lowest BCUT2D eigenvalue weighted by atomic mass is 10.3. The molecular weight excluding hydrogens is 222 g/mol. The molecule has 1 N–H and O–H groups in total. The van der Waals surface area contributed by atoms with Crippen molar-refractivity contribution < 1.29 is 9.90 Å². The highest BCUT2D eigenvalue weighted by molar-refractivity contribution is 7.99. The topological polar surface area (TPSA) is 40.5 Å². The average molecular weight is 239 g/mol. The Bertz CT molecular complexity index is 316. The summed E-state index contributed by atoms with van der Waals surface area (Å²) in [4.78, 5) is 13.6. The molecule has 1 aromatic rings. The van der Waals surface area contributed by atoms with E-state index < -0.39 is 0 Å². The van der Waals surface area contributed by atoms with Crippen molar-refractivity contribution in [3.05, 3.63) is 30.3 Å². The van der Waals surface area contributed by atoms with Crippen molar-refractivity contribution in [1.82, 2.24) is 0 Å². The van der Waals surface area contributed by atoms with Crippen LogP contribution in [0.2, 0.25) is 0 Å². The SMILES string of the molecule is CCN(C(=O)CSCCO)c1ccccc1. The molecule has 0 fully saturated rings. The Balaban J connectivity index is 2.57. The average Bonchev–Trinajstić information content (AvgIpc) is 2.32. The van der Waals surface area contributed by atoms with E-state index in [1.807, 2.05) is 37.3 Å². The molecule has 0 aliphatic carbocycles. The maximum atomic E-state index is 11.9. The van der Waals surface area contributed by atoms with E-state index >= 15 is 0 Å². The Kier molecular flexibility index (Phi) is 5.96. The second-order valence-electron chi connectivity index (χ2n) is 3.25. The monoisotopic (exact) mass is 239 g/mol. The number of aliphatic hydroxyl groups is 1. The minimum Gasteiger partial charge on any atom is -0.396 e. The third kappa shape index (κ3) is 3.87. The lowest BCUT2D eigenvalue weighted by Crippen LogP contribution is -2.32. The Morgan fingerprint density at radius 2 is 2.06 bits per heavy atom. The number of hydrogen-bond acceptors (Lipinski definition) is 3. The van der Waals surface area contributed by atoms with Crippen LogP contribution >= 0.6 is 11.8 Å². The molecule has 1 rings (SSSR count). The van der Waals surface area contributed by atoms with Gasteiger partial charge in [-0.1, -0.05) is 18.2 Å². The molecule has 0 saturated heterocycles. The molecule has 16 heavy (non-hydrogen) atoms. The summed E-state index contributed by atoms with van der Waals surface area (Å²) in [5, 5.41) is 8.65. The predicted octanol–water partition coefficient (Wildman–Crippen LogP) is 1.76. The molecule has 0 radical (unpaired) electrons. The quantitative estimate of drug-likeness (QED) is 0.769. The summed E-state index contributed by atoms with van der Waals surface area (Å²) in [6, 6.07) is 9.64. The first-order chi connectivity index (χ1) is 7.79. The van der Waals surface area contributed by atoms with Crippen LogP contribution in [0.3, 0.4) is 0 Å². The summed E-state index contributed by atoms with van der Waals surface area (Å²) in [6.45, 7) is 2.75. The molecule has 88 valence electrons. The summed E-state index contributed by atoms with van der Waals surface area (Å²) < 4.78 is 0. The van der Waals surface area contributed by atoms with Gasteiger partial charge in [-0.15, -0.1) is 11.8 Å². The van der Waals surface area contributed by atoms with Crippen molar-refractivity contribution in [2.24, 2.45) is 0 Å². The Labute approximate surface area is 100 Å². The van der Waals surface area contributed by atoms with Gasteiger partial charge in [0.2, 0.25) is 5.91 Å². The van der Waals surface area contributed by atoms with Gasteiger partial charge in [-0.05, 0) is 19.1 Å². The number of nitrogens with zero attached hydrogens (tertiary/aromatic N) is 1. The van der Waals surface area contributed by atoms with Crippen LogP contribution in [0.15, 0.2) is 30.3 Å². The van der Waals surface area contributed by atoms with Gasteiger partial charge in [-0.3, -0.25) is 4.79 Å². The molecule has 1 amide bonds. The molecule has 1 aromatic carbocycles. The number of thioether (sulfide) groups is 1. The van der Waals surface area contributed by atoms with Gasteiger partial charge in [0.05, 0.1) is 12.4 Å². The van der Waals surface area contributed by atoms with Crippen molar-refractivity contribution in [2.75, 3.05) is 29.6 Å². The van der Waals surface area contributed by atoms with Crippen LogP contribution in [0.25, 0.3) is 0 Å². The first-order valence-electron chi connectivity index (χ1n) is 5.33. The molecule has 0 heterocycles. The van der Waals surface area contributed by atoms with E-state index in [4.69, 9.17) is 5.11 Å². The second-order valence-corrected chi connectivity index (χ2v) is 4.35. The minimum absolute atomic E-state index is 0.0900. The molecule has 4 heteroatoms. The summed E-state index contributed by atoms with van der Waals surface area (Å²) in [5.41, 5.74) is 0.930. The summed E-state index contributed by atoms with van der Waals surface area (Å²) in [6.07, 6.45) is 0. The second kappa shape index (κ2) is 7.30. The molecule has 0 bridgehead atoms. The van der Waals surface area contributed by atoms with Gasteiger partial charge < -0.3 is 10.0 Å². The van der Waals surface area contributed by atoms with Crippen LogP contribution < -0.4 is 4.90 Å². The maximum absolute atomic E-state index is 11.9. The van der Waals surface area contributed by atoms with Gasteiger partial charge in [0.1, 0.15) is 0 Å². The van der Waals surface area contributed by atoms with E-state index in [0.29, 0.717) is 18.1 Å².